The number of nitrogens with one attached hydrogen (secondary N) is 1. The highest BCUT2D eigenvalue weighted by Gasteiger charge is 2.23. The van der Waals surface area contributed by atoms with E-state index in [1.54, 1.807) is 14.2 Å². The highest BCUT2D eigenvalue weighted by molar-refractivity contribution is 9.10. The third-order valence-electron chi connectivity index (χ3n) is 3.44. The van der Waals surface area contributed by atoms with E-state index in [-0.39, 0.29) is 6.04 Å². The molecule has 1 aromatic carbocycles. The minimum atomic E-state index is -0.0492. The summed E-state index contributed by atoms with van der Waals surface area (Å²) < 4.78 is 13.8. The standard InChI is InChI=1S/C15H20BrN3O2/c1-5-19-15(12(16)9-18-19)14(17-2)11-8-10(20-3)6-7-13(11)21-4/h6-9,14,17H,5H2,1-4H3. The SMILES string of the molecule is CCn1ncc(Br)c1C(NC)c1cc(OC)ccc1OC. The second-order valence-corrected chi connectivity index (χ2v) is 5.38. The van der Waals surface area contributed by atoms with E-state index in [1.165, 1.54) is 0 Å². The summed E-state index contributed by atoms with van der Waals surface area (Å²) in [4.78, 5) is 0. The number of hydrogen-bond donors (Lipinski definition) is 1. The lowest BCUT2D eigenvalue weighted by Crippen LogP contribution is -2.22. The average Bonchev–Trinajstić information content (AvgIpc) is 2.89. The Morgan fingerprint density at radius 3 is 2.67 bits per heavy atom. The van der Waals surface area contributed by atoms with Gasteiger partial charge < -0.3 is 14.8 Å². The lowest BCUT2D eigenvalue weighted by molar-refractivity contribution is 0.393. The molecule has 1 atom stereocenters. The molecule has 0 saturated carbocycles. The first-order valence-corrected chi connectivity index (χ1v) is 7.55. The molecule has 1 unspecified atom stereocenters. The molecule has 0 spiro atoms. The number of aromatic nitrogens is 2. The van der Waals surface area contributed by atoms with Crippen molar-refractivity contribution >= 4 is 15.9 Å². The van der Waals surface area contributed by atoms with Crippen LogP contribution in [0.3, 0.4) is 0 Å². The van der Waals surface area contributed by atoms with Gasteiger partial charge in [-0.2, -0.15) is 5.10 Å². The number of aryl methyl sites for hydroxylation is 1. The van der Waals surface area contributed by atoms with Crippen molar-refractivity contribution in [2.45, 2.75) is 19.5 Å². The Labute approximate surface area is 133 Å². The molecule has 0 aliphatic carbocycles. The molecule has 6 heteroatoms. The maximum atomic E-state index is 5.50. The second-order valence-electron chi connectivity index (χ2n) is 4.52. The molecule has 0 bridgehead atoms. The van der Waals surface area contributed by atoms with Gasteiger partial charge in [0.25, 0.3) is 0 Å². The zero-order chi connectivity index (χ0) is 15.4. The van der Waals surface area contributed by atoms with Crippen molar-refractivity contribution in [3.05, 3.63) is 40.1 Å². The Hall–Kier alpha value is -1.53. The Bertz CT molecular complexity index is 613. The minimum absolute atomic E-state index is 0.0492. The number of benzene rings is 1. The van der Waals surface area contributed by atoms with Crippen LogP contribution in [0.25, 0.3) is 0 Å². The first-order chi connectivity index (χ1) is 10.2. The molecule has 5 nitrogen and oxygen atoms in total. The van der Waals surface area contributed by atoms with Crippen molar-refractivity contribution in [2.24, 2.45) is 0 Å². The fourth-order valence-electron chi connectivity index (χ4n) is 2.42. The third kappa shape index (κ3) is 3.06. The van der Waals surface area contributed by atoms with E-state index in [4.69, 9.17) is 9.47 Å². The molecule has 0 radical (unpaired) electrons. The summed E-state index contributed by atoms with van der Waals surface area (Å²) in [5.74, 6) is 1.61. The molecule has 2 aromatic rings. The van der Waals surface area contributed by atoms with Crippen LogP contribution in [0.2, 0.25) is 0 Å². The van der Waals surface area contributed by atoms with Crippen LogP contribution < -0.4 is 14.8 Å². The molecule has 0 fully saturated rings. The van der Waals surface area contributed by atoms with Gasteiger partial charge in [0.15, 0.2) is 0 Å². The first-order valence-electron chi connectivity index (χ1n) is 6.76. The molecule has 0 aliphatic rings. The summed E-state index contributed by atoms with van der Waals surface area (Å²) >= 11 is 3.58. The van der Waals surface area contributed by atoms with Crippen LogP contribution in [0.15, 0.2) is 28.9 Å². The van der Waals surface area contributed by atoms with E-state index in [9.17, 15) is 0 Å². The van der Waals surface area contributed by atoms with Gasteiger partial charge in [-0.15, -0.1) is 0 Å². The third-order valence-corrected chi connectivity index (χ3v) is 4.05. The molecule has 2 rings (SSSR count). The van der Waals surface area contributed by atoms with Crippen LogP contribution in [-0.2, 0) is 6.54 Å². The Morgan fingerprint density at radius 1 is 1.33 bits per heavy atom. The summed E-state index contributed by atoms with van der Waals surface area (Å²) in [6.07, 6.45) is 1.82. The smallest absolute Gasteiger partial charge is 0.124 e. The van der Waals surface area contributed by atoms with E-state index in [0.717, 1.165) is 33.8 Å². The van der Waals surface area contributed by atoms with Crippen molar-refractivity contribution < 1.29 is 9.47 Å². The van der Waals surface area contributed by atoms with Gasteiger partial charge in [0.2, 0.25) is 0 Å². The Morgan fingerprint density at radius 2 is 2.10 bits per heavy atom. The molecule has 0 aliphatic heterocycles. The van der Waals surface area contributed by atoms with Crippen molar-refractivity contribution in [1.29, 1.82) is 0 Å². The molecule has 1 aromatic heterocycles. The van der Waals surface area contributed by atoms with Crippen LogP contribution in [0.4, 0.5) is 0 Å². The maximum Gasteiger partial charge on any atom is 0.124 e. The highest BCUT2D eigenvalue weighted by atomic mass is 79.9. The van der Waals surface area contributed by atoms with Gasteiger partial charge in [-0.25, -0.2) is 0 Å². The van der Waals surface area contributed by atoms with Crippen LogP contribution in [0.1, 0.15) is 24.2 Å². The Kier molecular flexibility index (Phi) is 5.25. The first kappa shape index (κ1) is 15.9. The Balaban J connectivity index is 2.57. The predicted molar refractivity (Wildman–Crippen MR) is 86.0 cm³/mol. The van der Waals surface area contributed by atoms with Gasteiger partial charge in [-0.05, 0) is 48.1 Å². The van der Waals surface area contributed by atoms with E-state index in [1.807, 2.05) is 36.1 Å². The number of rotatable bonds is 6. The predicted octanol–water partition coefficient (Wildman–Crippen LogP) is 2.99. The van der Waals surface area contributed by atoms with Crippen molar-refractivity contribution in [3.63, 3.8) is 0 Å². The molecule has 114 valence electrons. The molecule has 1 N–H and O–H groups in total. The molecule has 21 heavy (non-hydrogen) atoms. The van der Waals surface area contributed by atoms with Gasteiger partial charge in [-0.3, -0.25) is 4.68 Å². The van der Waals surface area contributed by atoms with Gasteiger partial charge >= 0.3 is 0 Å². The lowest BCUT2D eigenvalue weighted by atomic mass is 10.0. The zero-order valence-electron chi connectivity index (χ0n) is 12.7. The van der Waals surface area contributed by atoms with Gasteiger partial charge in [0, 0.05) is 12.1 Å². The fourth-order valence-corrected chi connectivity index (χ4v) is 2.94. The summed E-state index contributed by atoms with van der Waals surface area (Å²) in [6.45, 7) is 2.86. The molecular weight excluding hydrogens is 334 g/mol. The monoisotopic (exact) mass is 353 g/mol. The quantitative estimate of drug-likeness (QED) is 0.867. The topological polar surface area (TPSA) is 48.3 Å². The van der Waals surface area contributed by atoms with Crippen LogP contribution in [0.5, 0.6) is 11.5 Å². The van der Waals surface area contributed by atoms with Crippen LogP contribution in [0, 0.1) is 0 Å². The van der Waals surface area contributed by atoms with Crippen molar-refractivity contribution in [2.75, 3.05) is 21.3 Å². The van der Waals surface area contributed by atoms with E-state index in [0.29, 0.717) is 0 Å². The zero-order valence-corrected chi connectivity index (χ0v) is 14.3. The molecule has 1 heterocycles. The lowest BCUT2D eigenvalue weighted by Gasteiger charge is -2.21. The summed E-state index contributed by atoms with van der Waals surface area (Å²) in [5, 5.41) is 7.72. The average molecular weight is 354 g/mol. The highest BCUT2D eigenvalue weighted by Crippen LogP contribution is 2.35. The van der Waals surface area contributed by atoms with E-state index >= 15 is 0 Å². The number of hydrogen-bond acceptors (Lipinski definition) is 4. The van der Waals surface area contributed by atoms with Gasteiger partial charge in [-0.1, -0.05) is 0 Å². The van der Waals surface area contributed by atoms with Crippen molar-refractivity contribution in [1.82, 2.24) is 15.1 Å². The summed E-state index contributed by atoms with van der Waals surface area (Å²) in [5.41, 5.74) is 2.07. The van der Waals surface area contributed by atoms with Crippen molar-refractivity contribution in [3.8, 4) is 11.5 Å². The summed E-state index contributed by atoms with van der Waals surface area (Å²) in [6, 6.07) is 5.74. The second kappa shape index (κ2) is 6.95. The normalized spacial score (nSPS) is 12.2. The minimum Gasteiger partial charge on any atom is -0.497 e. The number of halogens is 1. The van der Waals surface area contributed by atoms with Gasteiger partial charge in [0.1, 0.15) is 11.5 Å². The molecule has 0 amide bonds. The van der Waals surface area contributed by atoms with Crippen LogP contribution >= 0.6 is 15.9 Å². The molecule has 0 saturated heterocycles. The maximum absolute atomic E-state index is 5.50. The number of nitrogens with zero attached hydrogens (tertiary/aromatic N) is 2. The van der Waals surface area contributed by atoms with Crippen LogP contribution in [-0.4, -0.2) is 31.0 Å². The van der Waals surface area contributed by atoms with Gasteiger partial charge in [0.05, 0.1) is 36.6 Å². The van der Waals surface area contributed by atoms with E-state index in [2.05, 4.69) is 33.3 Å². The number of ether oxygens (including phenoxy) is 2. The fraction of sp³-hybridized carbons (Fsp3) is 0.400. The van der Waals surface area contributed by atoms with E-state index < -0.39 is 0 Å². The molecular formula is C15H20BrN3O2. The number of methoxy groups -OCH3 is 2. The largest absolute Gasteiger partial charge is 0.497 e. The summed E-state index contributed by atoms with van der Waals surface area (Å²) in [7, 11) is 5.25.